The van der Waals surface area contributed by atoms with Crippen LogP contribution in [-0.4, -0.2) is 57.3 Å². The molecule has 0 saturated carbocycles. The van der Waals surface area contributed by atoms with E-state index >= 15 is 0 Å². The van der Waals surface area contributed by atoms with Crippen molar-refractivity contribution < 1.29 is 14.6 Å². The van der Waals surface area contributed by atoms with Crippen LogP contribution in [0.25, 0.3) is 11.4 Å². The third-order valence-corrected chi connectivity index (χ3v) is 5.87. The first-order valence-electron chi connectivity index (χ1n) is 10.0. The van der Waals surface area contributed by atoms with Crippen molar-refractivity contribution in [2.75, 3.05) is 19.7 Å². The number of hydrogen-bond acceptors (Lipinski definition) is 5. The maximum atomic E-state index is 13.1. The van der Waals surface area contributed by atoms with Crippen LogP contribution in [0.5, 0.6) is 0 Å². The largest absolute Gasteiger partial charge is 0.390 e. The lowest BCUT2D eigenvalue weighted by Gasteiger charge is -2.46. The number of aliphatic hydroxyl groups excluding tert-OH is 1. The van der Waals surface area contributed by atoms with E-state index in [1.165, 1.54) is 0 Å². The van der Waals surface area contributed by atoms with Crippen LogP contribution in [0.2, 0.25) is 0 Å². The second-order valence-electron chi connectivity index (χ2n) is 7.92. The highest BCUT2D eigenvalue weighted by molar-refractivity contribution is 5.95. The summed E-state index contributed by atoms with van der Waals surface area (Å²) in [4.78, 5) is 23.9. The monoisotopic (exact) mass is 381 g/mol. The number of likely N-dealkylation sites (tertiary alicyclic amines) is 1. The number of rotatable bonds is 2. The van der Waals surface area contributed by atoms with Crippen molar-refractivity contribution in [1.29, 1.82) is 0 Å². The molecular weight excluding hydrogens is 354 g/mol. The molecule has 1 spiro atoms. The number of carbonyl (C=O) groups excluding carboxylic acids is 1. The van der Waals surface area contributed by atoms with E-state index in [4.69, 9.17) is 4.74 Å². The summed E-state index contributed by atoms with van der Waals surface area (Å²) in [5.74, 6) is 0.648. The molecule has 6 nitrogen and oxygen atoms in total. The molecule has 0 bridgehead atoms. The Hall–Kier alpha value is -2.31. The smallest absolute Gasteiger partial charge is 0.253 e. The van der Waals surface area contributed by atoms with Gasteiger partial charge in [0.15, 0.2) is 5.82 Å². The van der Waals surface area contributed by atoms with Crippen molar-refractivity contribution in [3.05, 3.63) is 47.3 Å². The molecule has 0 aliphatic carbocycles. The molecule has 6 heteroatoms. The van der Waals surface area contributed by atoms with Crippen molar-refractivity contribution >= 4 is 5.91 Å². The molecule has 4 rings (SSSR count). The quantitative estimate of drug-likeness (QED) is 0.866. The zero-order chi connectivity index (χ0) is 19.7. The average molecular weight is 381 g/mol. The topological polar surface area (TPSA) is 75.6 Å². The molecule has 1 aromatic heterocycles. The van der Waals surface area contributed by atoms with E-state index in [9.17, 15) is 9.90 Å². The Bertz CT molecular complexity index is 855. The fraction of sp³-hybridized carbons (Fsp3) is 0.500. The molecular formula is C22H27N3O3. The van der Waals surface area contributed by atoms with Crippen LogP contribution < -0.4 is 0 Å². The lowest BCUT2D eigenvalue weighted by atomic mass is 9.82. The third kappa shape index (κ3) is 3.66. The van der Waals surface area contributed by atoms with Crippen LogP contribution in [0.1, 0.15) is 47.4 Å². The molecule has 2 aliphatic heterocycles. The molecule has 148 valence electrons. The Labute approximate surface area is 165 Å². The highest BCUT2D eigenvalue weighted by atomic mass is 16.5. The highest BCUT2D eigenvalue weighted by Crippen LogP contribution is 2.35. The molecule has 1 amide bonds. The second kappa shape index (κ2) is 7.60. The molecule has 2 aromatic rings. The van der Waals surface area contributed by atoms with Crippen LogP contribution >= 0.6 is 0 Å². The Kier molecular flexibility index (Phi) is 5.17. The Morgan fingerprint density at radius 1 is 1.18 bits per heavy atom. The predicted octanol–water partition coefficient (Wildman–Crippen LogP) is 2.91. The first-order chi connectivity index (χ1) is 13.5. The fourth-order valence-corrected chi connectivity index (χ4v) is 4.31. The number of benzene rings is 1. The van der Waals surface area contributed by atoms with E-state index in [1.807, 2.05) is 49.1 Å². The fourth-order valence-electron chi connectivity index (χ4n) is 4.31. The highest BCUT2D eigenvalue weighted by Gasteiger charge is 2.44. The summed E-state index contributed by atoms with van der Waals surface area (Å²) in [6.45, 7) is 5.78. The molecule has 3 heterocycles. The molecule has 28 heavy (non-hydrogen) atoms. The molecule has 2 saturated heterocycles. The lowest BCUT2D eigenvalue weighted by molar-refractivity contribution is -0.174. The minimum atomic E-state index is -0.468. The van der Waals surface area contributed by atoms with Crippen LogP contribution in [0, 0.1) is 13.8 Å². The Morgan fingerprint density at radius 3 is 2.57 bits per heavy atom. The van der Waals surface area contributed by atoms with Crippen molar-refractivity contribution in [2.24, 2.45) is 0 Å². The molecule has 1 N–H and O–H groups in total. The lowest BCUT2D eigenvalue weighted by Crippen LogP contribution is -2.56. The van der Waals surface area contributed by atoms with Crippen molar-refractivity contribution in [1.82, 2.24) is 14.9 Å². The van der Waals surface area contributed by atoms with Gasteiger partial charge in [0.25, 0.3) is 5.91 Å². The van der Waals surface area contributed by atoms with Crippen molar-refractivity contribution in [3.63, 3.8) is 0 Å². The SMILES string of the molecule is Cc1cc(C)nc(-c2cccc(C(=O)N3CCC4(CC3)OCCC[C@@H]4O)c2)n1. The van der Waals surface area contributed by atoms with Gasteiger partial charge in [0.05, 0.1) is 11.7 Å². The minimum Gasteiger partial charge on any atom is -0.390 e. The maximum Gasteiger partial charge on any atom is 0.253 e. The third-order valence-electron chi connectivity index (χ3n) is 5.87. The van der Waals surface area contributed by atoms with Crippen LogP contribution in [0.4, 0.5) is 0 Å². The second-order valence-corrected chi connectivity index (χ2v) is 7.92. The summed E-state index contributed by atoms with van der Waals surface area (Å²) >= 11 is 0. The molecule has 1 aromatic carbocycles. The van der Waals surface area contributed by atoms with Gasteiger partial charge in [0, 0.05) is 42.2 Å². The van der Waals surface area contributed by atoms with E-state index in [-0.39, 0.29) is 5.91 Å². The van der Waals surface area contributed by atoms with E-state index in [2.05, 4.69) is 9.97 Å². The van der Waals surface area contributed by atoms with E-state index in [1.54, 1.807) is 0 Å². The van der Waals surface area contributed by atoms with Crippen molar-refractivity contribution in [2.45, 2.75) is 51.2 Å². The maximum absolute atomic E-state index is 13.1. The number of ether oxygens (including phenoxy) is 1. The first kappa shape index (κ1) is 19.0. The van der Waals surface area contributed by atoms with Crippen LogP contribution in [-0.2, 0) is 4.74 Å². The van der Waals surface area contributed by atoms with Gasteiger partial charge in [-0.1, -0.05) is 12.1 Å². The average Bonchev–Trinajstić information content (AvgIpc) is 2.70. The summed E-state index contributed by atoms with van der Waals surface area (Å²) in [5, 5.41) is 10.4. The number of aliphatic hydroxyl groups is 1. The van der Waals surface area contributed by atoms with Gasteiger partial charge < -0.3 is 14.7 Å². The molecule has 2 fully saturated rings. The van der Waals surface area contributed by atoms with Gasteiger partial charge in [-0.15, -0.1) is 0 Å². The first-order valence-corrected chi connectivity index (χ1v) is 10.0. The van der Waals surface area contributed by atoms with Crippen LogP contribution in [0.15, 0.2) is 30.3 Å². The summed E-state index contributed by atoms with van der Waals surface area (Å²) in [6.07, 6.45) is 2.62. The van der Waals surface area contributed by atoms with Gasteiger partial charge in [-0.2, -0.15) is 0 Å². The number of nitrogens with zero attached hydrogens (tertiary/aromatic N) is 3. The number of piperidine rings is 1. The standard InChI is InChI=1S/C22H27N3O3/c1-15-13-16(2)24-20(23-15)17-5-3-6-18(14-17)21(27)25-10-8-22(9-11-25)19(26)7-4-12-28-22/h3,5-6,13-14,19,26H,4,7-12H2,1-2H3/t19-/m0/s1. The number of hydrogen-bond donors (Lipinski definition) is 1. The van der Waals surface area contributed by atoms with Gasteiger partial charge in [-0.05, 0) is 57.7 Å². The number of amides is 1. The molecule has 0 radical (unpaired) electrons. The number of carbonyl (C=O) groups is 1. The van der Waals surface area contributed by atoms with Gasteiger partial charge in [0.2, 0.25) is 0 Å². The van der Waals surface area contributed by atoms with Crippen molar-refractivity contribution in [3.8, 4) is 11.4 Å². The minimum absolute atomic E-state index is 0.00590. The zero-order valence-electron chi connectivity index (χ0n) is 16.5. The summed E-state index contributed by atoms with van der Waals surface area (Å²) < 4.78 is 5.95. The van der Waals surface area contributed by atoms with E-state index in [0.717, 1.165) is 29.8 Å². The van der Waals surface area contributed by atoms with Gasteiger partial charge >= 0.3 is 0 Å². The normalized spacial score (nSPS) is 21.7. The Balaban J connectivity index is 1.50. The molecule has 1 atom stereocenters. The summed E-state index contributed by atoms with van der Waals surface area (Å²) in [6, 6.07) is 9.45. The van der Waals surface area contributed by atoms with Crippen LogP contribution in [0.3, 0.4) is 0 Å². The molecule has 2 aliphatic rings. The van der Waals surface area contributed by atoms with Gasteiger partial charge in [-0.3, -0.25) is 4.79 Å². The van der Waals surface area contributed by atoms with Gasteiger partial charge in [0.1, 0.15) is 0 Å². The zero-order valence-corrected chi connectivity index (χ0v) is 16.5. The van der Waals surface area contributed by atoms with E-state index < -0.39 is 11.7 Å². The number of aryl methyl sites for hydroxylation is 2. The summed E-state index contributed by atoms with van der Waals surface area (Å²) in [5.41, 5.74) is 2.83. The van der Waals surface area contributed by atoms with Gasteiger partial charge in [-0.25, -0.2) is 9.97 Å². The van der Waals surface area contributed by atoms with E-state index in [0.29, 0.717) is 43.9 Å². The Morgan fingerprint density at radius 2 is 1.89 bits per heavy atom. The molecule has 0 unspecified atom stereocenters. The summed E-state index contributed by atoms with van der Waals surface area (Å²) in [7, 11) is 0. The predicted molar refractivity (Wildman–Crippen MR) is 106 cm³/mol. The number of aromatic nitrogens is 2.